The maximum absolute atomic E-state index is 13.9. The molecule has 39 heavy (non-hydrogen) atoms. The largest absolute Gasteiger partial charge is 0.477 e. The first-order valence-electron chi connectivity index (χ1n) is 11.9. The lowest BCUT2D eigenvalue weighted by Gasteiger charge is -2.33. The quantitative estimate of drug-likeness (QED) is 0.422. The molecule has 3 amide bonds. The third-order valence-electron chi connectivity index (χ3n) is 6.86. The van der Waals surface area contributed by atoms with Gasteiger partial charge in [0.2, 0.25) is 11.6 Å². The van der Waals surface area contributed by atoms with Crippen molar-refractivity contribution in [2.75, 3.05) is 13.7 Å². The molecule has 4 heterocycles. The molecule has 12 nitrogen and oxygen atoms in total. The Morgan fingerprint density at radius 2 is 2.05 bits per heavy atom. The molecule has 17 heteroatoms. The number of rotatable bonds is 7. The zero-order chi connectivity index (χ0) is 27.9. The number of urea groups is 1. The molecule has 3 aromatic heterocycles. The molecular formula is C22H23F5N8O4. The predicted molar refractivity (Wildman–Crippen MR) is 120 cm³/mol. The number of carbonyl (C=O) groups is 2. The number of amides is 3. The van der Waals surface area contributed by atoms with Gasteiger partial charge in [0.15, 0.2) is 5.65 Å². The fourth-order valence-electron chi connectivity index (χ4n) is 4.79. The molecule has 0 aromatic carbocycles. The Bertz CT molecular complexity index is 1370. The van der Waals surface area contributed by atoms with Gasteiger partial charge in [0, 0.05) is 19.4 Å². The van der Waals surface area contributed by atoms with E-state index in [1.54, 1.807) is 6.07 Å². The van der Waals surface area contributed by atoms with E-state index in [1.165, 1.54) is 24.0 Å². The number of nitrogens with zero attached hydrogens (tertiary/aromatic N) is 6. The number of imidazole rings is 1. The number of hydrogen-bond donors (Lipinski definition) is 2. The van der Waals surface area contributed by atoms with Gasteiger partial charge in [-0.2, -0.15) is 18.3 Å². The predicted octanol–water partition coefficient (Wildman–Crippen LogP) is 2.87. The van der Waals surface area contributed by atoms with Crippen LogP contribution in [0.1, 0.15) is 53.5 Å². The minimum atomic E-state index is -4.57. The molecule has 1 saturated heterocycles. The summed E-state index contributed by atoms with van der Waals surface area (Å²) in [6.45, 7) is -0.686. The van der Waals surface area contributed by atoms with Crippen LogP contribution in [0.5, 0.6) is 5.88 Å². The van der Waals surface area contributed by atoms with Crippen LogP contribution in [-0.4, -0.2) is 73.5 Å². The topological polar surface area (TPSA) is 140 Å². The first kappa shape index (κ1) is 26.6. The monoisotopic (exact) mass is 558 g/mol. The normalized spacial score (nSPS) is 20.7. The lowest BCUT2D eigenvalue weighted by atomic mass is 9.81. The van der Waals surface area contributed by atoms with Crippen LogP contribution in [0.3, 0.4) is 0 Å². The summed E-state index contributed by atoms with van der Waals surface area (Å²) in [6, 6.07) is -2.08. The average molecular weight is 558 g/mol. The van der Waals surface area contributed by atoms with Crippen molar-refractivity contribution >= 4 is 17.6 Å². The Kier molecular flexibility index (Phi) is 6.76. The van der Waals surface area contributed by atoms with E-state index >= 15 is 0 Å². The van der Waals surface area contributed by atoms with Gasteiger partial charge in [-0.05, 0) is 40.7 Å². The van der Waals surface area contributed by atoms with E-state index in [4.69, 9.17) is 4.74 Å². The summed E-state index contributed by atoms with van der Waals surface area (Å²) in [5.41, 5.74) is 0.813. The van der Waals surface area contributed by atoms with Crippen LogP contribution in [-0.2, 0) is 6.54 Å². The van der Waals surface area contributed by atoms with Crippen LogP contribution in [0.2, 0.25) is 0 Å². The lowest BCUT2D eigenvalue weighted by molar-refractivity contribution is -0.149. The summed E-state index contributed by atoms with van der Waals surface area (Å²) in [5.74, 6) is -4.05. The van der Waals surface area contributed by atoms with Crippen LogP contribution >= 0.6 is 0 Å². The van der Waals surface area contributed by atoms with Crippen LogP contribution in [0.15, 0.2) is 23.1 Å². The van der Waals surface area contributed by atoms with Gasteiger partial charge in [0.05, 0.1) is 37.8 Å². The van der Waals surface area contributed by atoms with Gasteiger partial charge in [-0.1, -0.05) is 0 Å². The molecule has 2 aliphatic rings. The van der Waals surface area contributed by atoms with Crippen molar-refractivity contribution in [3.05, 3.63) is 35.4 Å². The number of nitrogens with one attached hydrogen (secondary N) is 2. The minimum Gasteiger partial charge on any atom is -0.477 e. The molecule has 5 rings (SSSR count). The van der Waals surface area contributed by atoms with Crippen molar-refractivity contribution in [1.29, 1.82) is 0 Å². The highest BCUT2D eigenvalue weighted by atomic mass is 19.4. The molecular weight excluding hydrogens is 535 g/mol. The molecule has 1 unspecified atom stereocenters. The van der Waals surface area contributed by atoms with Crippen molar-refractivity contribution in [1.82, 2.24) is 40.4 Å². The van der Waals surface area contributed by atoms with E-state index in [-0.39, 0.29) is 49.4 Å². The third kappa shape index (κ3) is 5.56. The Morgan fingerprint density at radius 1 is 1.31 bits per heavy atom. The van der Waals surface area contributed by atoms with E-state index < -0.39 is 48.6 Å². The Hall–Kier alpha value is -4.05. The smallest absolute Gasteiger partial charge is 0.410 e. The van der Waals surface area contributed by atoms with Crippen LogP contribution in [0.4, 0.5) is 26.7 Å². The van der Waals surface area contributed by atoms with Crippen LogP contribution < -0.4 is 15.4 Å². The number of ether oxygens (including phenoxy) is 1. The van der Waals surface area contributed by atoms with Crippen molar-refractivity contribution < 1.29 is 40.9 Å². The molecule has 210 valence electrons. The van der Waals surface area contributed by atoms with Crippen molar-refractivity contribution in [2.24, 2.45) is 5.92 Å². The molecule has 3 aromatic rings. The fourth-order valence-corrected chi connectivity index (χ4v) is 4.79. The molecule has 2 atom stereocenters. The summed E-state index contributed by atoms with van der Waals surface area (Å²) >= 11 is 0. The molecule has 0 bridgehead atoms. The number of fused-ring (bicyclic) bond motifs is 1. The van der Waals surface area contributed by atoms with Crippen molar-refractivity contribution in [3.63, 3.8) is 0 Å². The van der Waals surface area contributed by atoms with Gasteiger partial charge in [0.25, 0.3) is 11.8 Å². The van der Waals surface area contributed by atoms with E-state index in [0.29, 0.717) is 11.3 Å². The Morgan fingerprint density at radius 3 is 2.72 bits per heavy atom. The second-order valence-electron chi connectivity index (χ2n) is 9.52. The van der Waals surface area contributed by atoms with Gasteiger partial charge in [-0.25, -0.2) is 27.7 Å². The van der Waals surface area contributed by atoms with Gasteiger partial charge in [0.1, 0.15) is 6.04 Å². The van der Waals surface area contributed by atoms with Crippen molar-refractivity contribution in [2.45, 2.75) is 56.4 Å². The Labute approximate surface area is 216 Å². The lowest BCUT2D eigenvalue weighted by Crippen LogP contribution is -2.40. The van der Waals surface area contributed by atoms with E-state index in [9.17, 15) is 31.5 Å². The molecule has 2 N–H and O–H groups in total. The summed E-state index contributed by atoms with van der Waals surface area (Å²) in [7, 11) is 1.28. The molecule has 2 fully saturated rings. The molecule has 1 aliphatic carbocycles. The standard InChI is InChI=1S/C22H23F5N8O4/c1-38-19-17(32-39-33-19)18(36)31-16(12-2-4-21(23,24)5-3-12)13-9-35-15(29-13)6-11(7-28-35)8-34-10-14(22(25,26)27)30-20(34)37/h6-7,9,12,14,16H,2-5,8,10H2,1H3,(H,30,37)(H,31,36)/t14-,16?/m0/s1. The zero-order valence-corrected chi connectivity index (χ0v) is 20.4. The average Bonchev–Trinajstić information content (AvgIpc) is 3.60. The second-order valence-corrected chi connectivity index (χ2v) is 9.52. The second kappa shape index (κ2) is 9.92. The minimum absolute atomic E-state index is 0.114. The van der Waals surface area contributed by atoms with Gasteiger partial charge in [-0.15, -0.1) is 0 Å². The van der Waals surface area contributed by atoms with Crippen LogP contribution in [0, 0.1) is 5.92 Å². The zero-order valence-electron chi connectivity index (χ0n) is 20.4. The van der Waals surface area contributed by atoms with Gasteiger partial charge >= 0.3 is 12.2 Å². The molecule has 1 saturated carbocycles. The Balaban J connectivity index is 1.39. The first-order chi connectivity index (χ1) is 18.4. The number of halogens is 5. The summed E-state index contributed by atoms with van der Waals surface area (Å²) in [4.78, 5) is 30.5. The highest BCUT2D eigenvalue weighted by Gasteiger charge is 2.47. The summed E-state index contributed by atoms with van der Waals surface area (Å²) in [5, 5.41) is 15.9. The third-order valence-corrected chi connectivity index (χ3v) is 6.86. The van der Waals surface area contributed by atoms with Gasteiger partial charge in [-0.3, -0.25) is 4.79 Å². The van der Waals surface area contributed by atoms with E-state index in [1.807, 2.05) is 5.32 Å². The highest BCUT2D eigenvalue weighted by Crippen LogP contribution is 2.41. The molecule has 0 spiro atoms. The number of hydrogen-bond acceptors (Lipinski definition) is 8. The fraction of sp³-hybridized carbons (Fsp3) is 0.545. The van der Waals surface area contributed by atoms with E-state index in [2.05, 4.69) is 30.3 Å². The SMILES string of the molecule is COc1nonc1C(=O)NC(c1cn2ncc(CN3C[C@@H](C(F)(F)F)NC3=O)cc2n1)C1CCC(F)(F)CC1. The van der Waals surface area contributed by atoms with Crippen molar-refractivity contribution in [3.8, 4) is 5.88 Å². The summed E-state index contributed by atoms with van der Waals surface area (Å²) < 4.78 is 77.6. The molecule has 0 radical (unpaired) electrons. The van der Waals surface area contributed by atoms with Crippen LogP contribution in [0.25, 0.3) is 5.65 Å². The maximum atomic E-state index is 13.9. The number of carbonyl (C=O) groups excluding carboxylic acids is 2. The molecule has 1 aliphatic heterocycles. The first-order valence-corrected chi connectivity index (χ1v) is 11.9. The number of aromatic nitrogens is 5. The maximum Gasteiger partial charge on any atom is 0.410 e. The number of methoxy groups -OCH3 is 1. The van der Waals surface area contributed by atoms with E-state index in [0.717, 1.165) is 4.90 Å². The highest BCUT2D eigenvalue weighted by molar-refractivity contribution is 5.94. The van der Waals surface area contributed by atoms with Gasteiger partial charge < -0.3 is 20.3 Å². The summed E-state index contributed by atoms with van der Waals surface area (Å²) in [6.07, 6.45) is -2.15. The number of alkyl halides is 5.